The number of hydrogen-bond acceptors (Lipinski definition) is 5. The van der Waals surface area contributed by atoms with Crippen molar-refractivity contribution in [3.05, 3.63) is 34.2 Å². The van der Waals surface area contributed by atoms with Crippen LogP contribution < -0.4 is 10.1 Å². The Balaban J connectivity index is 2.55. The lowest BCUT2D eigenvalue weighted by Gasteiger charge is -2.11. The molecule has 21 heavy (non-hydrogen) atoms. The molecule has 0 amide bonds. The second kappa shape index (κ2) is 6.82. The van der Waals surface area contributed by atoms with Crippen molar-refractivity contribution in [3.8, 4) is 17.1 Å². The second-order valence-corrected chi connectivity index (χ2v) is 4.98. The van der Waals surface area contributed by atoms with Gasteiger partial charge in [0.25, 0.3) is 0 Å². The molecule has 1 heterocycles. The first-order valence-corrected chi connectivity index (χ1v) is 6.97. The minimum Gasteiger partial charge on any atom is -0.494 e. The Labute approximate surface area is 130 Å². The molecule has 0 bridgehead atoms. The minimum absolute atomic E-state index is 0.151. The van der Waals surface area contributed by atoms with Gasteiger partial charge in [0.2, 0.25) is 0 Å². The molecule has 2 rings (SSSR count). The largest absolute Gasteiger partial charge is 0.494 e. The lowest BCUT2D eigenvalue weighted by atomic mass is 10.2. The van der Waals surface area contributed by atoms with E-state index in [0.717, 1.165) is 4.47 Å². The Kier molecular flexibility index (Phi) is 5.08. The normalized spacial score (nSPS) is 10.5. The highest BCUT2D eigenvalue weighted by molar-refractivity contribution is 9.10. The maximum atomic E-state index is 13.5. The number of nitrogens with one attached hydrogen (secondary N) is 1. The number of nitrogens with zero attached hydrogens (tertiary/aromatic N) is 2. The Morgan fingerprint density at radius 2 is 2.05 bits per heavy atom. The summed E-state index contributed by atoms with van der Waals surface area (Å²) in [5, 5.41) is 2.99. The van der Waals surface area contributed by atoms with E-state index in [4.69, 9.17) is 9.47 Å². The predicted octanol–water partition coefficient (Wildman–Crippen LogP) is 3.24. The van der Waals surface area contributed by atoms with Crippen molar-refractivity contribution in [1.82, 2.24) is 9.97 Å². The van der Waals surface area contributed by atoms with Crippen molar-refractivity contribution in [2.24, 2.45) is 0 Å². The number of benzene rings is 1. The highest BCUT2D eigenvalue weighted by Crippen LogP contribution is 2.29. The average molecular weight is 356 g/mol. The fourth-order valence-corrected chi connectivity index (χ4v) is 2.31. The Morgan fingerprint density at radius 1 is 1.29 bits per heavy atom. The molecule has 2 aromatic rings. The molecule has 1 aromatic carbocycles. The lowest BCUT2D eigenvalue weighted by Crippen LogP contribution is -2.04. The van der Waals surface area contributed by atoms with Crippen molar-refractivity contribution >= 4 is 21.7 Å². The zero-order chi connectivity index (χ0) is 15.4. The fraction of sp³-hybridized carbons (Fsp3) is 0.286. The van der Waals surface area contributed by atoms with Crippen LogP contribution in [0.4, 0.5) is 10.2 Å². The van der Waals surface area contributed by atoms with Gasteiger partial charge in [-0.3, -0.25) is 0 Å². The molecule has 5 nitrogen and oxygen atoms in total. The number of rotatable bonds is 5. The van der Waals surface area contributed by atoms with Gasteiger partial charge >= 0.3 is 0 Å². The van der Waals surface area contributed by atoms with Gasteiger partial charge in [-0.2, -0.15) is 0 Å². The second-order valence-electron chi connectivity index (χ2n) is 4.19. The molecule has 7 heteroatoms. The number of hydrogen-bond donors (Lipinski definition) is 1. The van der Waals surface area contributed by atoms with Gasteiger partial charge in [0.05, 0.1) is 23.9 Å². The third-order valence-corrected chi connectivity index (χ3v) is 3.68. The fourth-order valence-electron chi connectivity index (χ4n) is 1.82. The SMILES string of the molecule is CNc1nc(-c2ccc(F)c(OC)c2)nc(COC)c1Br. The number of aromatic nitrogens is 2. The van der Waals surface area contributed by atoms with Gasteiger partial charge < -0.3 is 14.8 Å². The molecule has 1 N–H and O–H groups in total. The Bertz CT molecular complexity index is 652. The molecule has 0 spiro atoms. The highest BCUT2D eigenvalue weighted by atomic mass is 79.9. The van der Waals surface area contributed by atoms with Crippen LogP contribution in [0.1, 0.15) is 5.69 Å². The standard InChI is InChI=1S/C14H15BrFN3O2/c1-17-14-12(15)10(7-20-2)18-13(19-14)8-4-5-9(16)11(6-8)21-3/h4-6H,7H2,1-3H3,(H,17,18,19). The van der Waals surface area contributed by atoms with Crippen LogP contribution in [0.2, 0.25) is 0 Å². The molecule has 0 aliphatic carbocycles. The molecule has 0 atom stereocenters. The van der Waals surface area contributed by atoms with Crippen molar-refractivity contribution in [1.29, 1.82) is 0 Å². The summed E-state index contributed by atoms with van der Waals surface area (Å²) < 4.78 is 24.3. The van der Waals surface area contributed by atoms with E-state index >= 15 is 0 Å². The van der Waals surface area contributed by atoms with E-state index < -0.39 is 5.82 Å². The monoisotopic (exact) mass is 355 g/mol. The molecule has 1 aromatic heterocycles. The molecule has 0 aliphatic rings. The zero-order valence-corrected chi connectivity index (χ0v) is 13.5. The number of methoxy groups -OCH3 is 2. The zero-order valence-electron chi connectivity index (χ0n) is 11.9. The maximum Gasteiger partial charge on any atom is 0.165 e. The van der Waals surface area contributed by atoms with Gasteiger partial charge in [0.15, 0.2) is 17.4 Å². The van der Waals surface area contributed by atoms with Crippen LogP contribution in [-0.2, 0) is 11.3 Å². The van der Waals surface area contributed by atoms with E-state index in [1.54, 1.807) is 26.3 Å². The first-order valence-electron chi connectivity index (χ1n) is 6.17. The van der Waals surface area contributed by atoms with Crippen LogP contribution in [0.25, 0.3) is 11.4 Å². The van der Waals surface area contributed by atoms with Crippen molar-refractivity contribution in [2.45, 2.75) is 6.61 Å². The molecular formula is C14H15BrFN3O2. The van der Waals surface area contributed by atoms with E-state index in [-0.39, 0.29) is 5.75 Å². The van der Waals surface area contributed by atoms with Gasteiger partial charge in [0, 0.05) is 19.7 Å². The Morgan fingerprint density at radius 3 is 2.67 bits per heavy atom. The summed E-state index contributed by atoms with van der Waals surface area (Å²) in [6.45, 7) is 0.336. The van der Waals surface area contributed by atoms with Crippen LogP contribution in [0, 0.1) is 5.82 Å². The van der Waals surface area contributed by atoms with Crippen LogP contribution in [0.3, 0.4) is 0 Å². The first-order chi connectivity index (χ1) is 10.1. The van der Waals surface area contributed by atoms with E-state index in [1.165, 1.54) is 13.2 Å². The number of ether oxygens (including phenoxy) is 2. The van der Waals surface area contributed by atoms with Crippen molar-refractivity contribution in [3.63, 3.8) is 0 Å². The third-order valence-electron chi connectivity index (χ3n) is 2.85. The van der Waals surface area contributed by atoms with Crippen molar-refractivity contribution in [2.75, 3.05) is 26.6 Å². The van der Waals surface area contributed by atoms with Crippen molar-refractivity contribution < 1.29 is 13.9 Å². The van der Waals surface area contributed by atoms with E-state index in [2.05, 4.69) is 31.2 Å². The topological polar surface area (TPSA) is 56.3 Å². The van der Waals surface area contributed by atoms with Gasteiger partial charge in [-0.05, 0) is 34.1 Å². The van der Waals surface area contributed by atoms with Gasteiger partial charge in [-0.15, -0.1) is 0 Å². The molecule has 0 unspecified atom stereocenters. The number of anilines is 1. The first kappa shape index (κ1) is 15.7. The van der Waals surface area contributed by atoms with E-state index in [9.17, 15) is 4.39 Å². The molecule has 0 saturated carbocycles. The van der Waals surface area contributed by atoms with E-state index in [0.29, 0.717) is 29.5 Å². The number of halogens is 2. The van der Waals surface area contributed by atoms with E-state index in [1.807, 2.05) is 0 Å². The van der Waals surface area contributed by atoms with Gasteiger partial charge in [0.1, 0.15) is 5.82 Å². The molecule has 0 aliphatic heterocycles. The van der Waals surface area contributed by atoms with Crippen LogP contribution in [-0.4, -0.2) is 31.2 Å². The highest BCUT2D eigenvalue weighted by Gasteiger charge is 2.14. The average Bonchev–Trinajstić information content (AvgIpc) is 2.50. The third kappa shape index (κ3) is 3.30. The molecule has 112 valence electrons. The summed E-state index contributed by atoms with van der Waals surface area (Å²) in [6.07, 6.45) is 0. The summed E-state index contributed by atoms with van der Waals surface area (Å²) in [4.78, 5) is 8.85. The lowest BCUT2D eigenvalue weighted by molar-refractivity contribution is 0.181. The summed E-state index contributed by atoms with van der Waals surface area (Å²) in [5.41, 5.74) is 1.37. The minimum atomic E-state index is -0.427. The predicted molar refractivity (Wildman–Crippen MR) is 81.9 cm³/mol. The van der Waals surface area contributed by atoms with Crippen LogP contribution in [0.15, 0.2) is 22.7 Å². The summed E-state index contributed by atoms with van der Waals surface area (Å²) in [7, 11) is 4.77. The van der Waals surface area contributed by atoms with Crippen LogP contribution in [0.5, 0.6) is 5.75 Å². The molecule has 0 saturated heterocycles. The summed E-state index contributed by atoms with van der Waals surface area (Å²) in [6, 6.07) is 4.50. The van der Waals surface area contributed by atoms with Gasteiger partial charge in [-0.1, -0.05) is 0 Å². The molecule has 0 fully saturated rings. The summed E-state index contributed by atoms with van der Waals surface area (Å²) in [5.74, 6) is 0.825. The van der Waals surface area contributed by atoms with Gasteiger partial charge in [-0.25, -0.2) is 14.4 Å². The van der Waals surface area contributed by atoms with Crippen LogP contribution >= 0.6 is 15.9 Å². The molecule has 0 radical (unpaired) electrons. The quantitative estimate of drug-likeness (QED) is 0.892. The Hall–Kier alpha value is -1.73. The molecular weight excluding hydrogens is 341 g/mol. The maximum absolute atomic E-state index is 13.5. The summed E-state index contributed by atoms with van der Waals surface area (Å²) >= 11 is 3.44. The smallest absolute Gasteiger partial charge is 0.165 e.